The fraction of sp³-hybridized carbons (Fsp3) is 0.500. The van der Waals surface area contributed by atoms with E-state index in [0.717, 1.165) is 30.5 Å². The van der Waals surface area contributed by atoms with Crippen molar-refractivity contribution in [3.8, 4) is 0 Å². The third kappa shape index (κ3) is 2.42. The lowest BCUT2D eigenvalue weighted by molar-refractivity contribution is -0.138. The Hall–Kier alpha value is -1.88. The van der Waals surface area contributed by atoms with Gasteiger partial charge in [0.2, 0.25) is 5.91 Å². The molecule has 1 unspecified atom stereocenters. The highest BCUT2D eigenvalue weighted by molar-refractivity contribution is 5.90. The van der Waals surface area contributed by atoms with Crippen LogP contribution in [0.2, 0.25) is 0 Å². The van der Waals surface area contributed by atoms with Crippen LogP contribution in [-0.2, 0) is 17.8 Å². The number of nitrogens with one attached hydrogen (secondary N) is 1. The zero-order valence-electron chi connectivity index (χ0n) is 12.2. The number of carboxylic acids is 1. The van der Waals surface area contributed by atoms with E-state index >= 15 is 0 Å². The monoisotopic (exact) mass is 288 g/mol. The van der Waals surface area contributed by atoms with E-state index in [2.05, 4.69) is 5.32 Å². The average molecular weight is 288 g/mol. The number of carboxylic acid groups (broad SMARTS) is 1. The Morgan fingerprint density at radius 2 is 2.19 bits per heavy atom. The minimum Gasteiger partial charge on any atom is -0.478 e. The number of rotatable bonds is 2. The summed E-state index contributed by atoms with van der Waals surface area (Å²) in [4.78, 5) is 25.8. The Morgan fingerprint density at radius 3 is 2.86 bits per heavy atom. The van der Waals surface area contributed by atoms with Crippen molar-refractivity contribution in [1.29, 1.82) is 0 Å². The first-order chi connectivity index (χ1) is 10.0. The van der Waals surface area contributed by atoms with Gasteiger partial charge in [-0.15, -0.1) is 0 Å². The molecule has 1 atom stereocenters. The first kappa shape index (κ1) is 14.1. The van der Waals surface area contributed by atoms with Crippen molar-refractivity contribution in [3.63, 3.8) is 0 Å². The van der Waals surface area contributed by atoms with E-state index in [4.69, 9.17) is 0 Å². The molecular weight excluding hydrogens is 268 g/mol. The van der Waals surface area contributed by atoms with E-state index < -0.39 is 11.5 Å². The van der Waals surface area contributed by atoms with Crippen LogP contribution in [0, 0.1) is 0 Å². The molecule has 0 saturated carbocycles. The number of fused-ring (bicyclic) bond motifs is 1. The maximum absolute atomic E-state index is 12.7. The molecule has 1 aromatic rings. The lowest BCUT2D eigenvalue weighted by atomic mass is 9.92. The topological polar surface area (TPSA) is 69.6 Å². The molecule has 1 fully saturated rings. The SMILES string of the molecule is CC1(C(=O)N2CCc3c(cccc3C(=O)O)C2)CCCN1. The van der Waals surface area contributed by atoms with Crippen molar-refractivity contribution >= 4 is 11.9 Å². The fourth-order valence-corrected chi connectivity index (χ4v) is 3.41. The van der Waals surface area contributed by atoms with Gasteiger partial charge in [0.15, 0.2) is 0 Å². The predicted molar refractivity (Wildman–Crippen MR) is 78.2 cm³/mol. The van der Waals surface area contributed by atoms with Gasteiger partial charge in [0.1, 0.15) is 0 Å². The Balaban J connectivity index is 1.83. The second-order valence-corrected chi connectivity index (χ2v) is 6.09. The van der Waals surface area contributed by atoms with Crippen LogP contribution in [0.5, 0.6) is 0 Å². The molecule has 5 heteroatoms. The molecule has 3 rings (SSSR count). The van der Waals surface area contributed by atoms with Crippen molar-refractivity contribution in [1.82, 2.24) is 10.2 Å². The summed E-state index contributed by atoms with van der Waals surface area (Å²) in [5, 5.41) is 12.5. The normalized spacial score (nSPS) is 24.7. The van der Waals surface area contributed by atoms with Crippen LogP contribution in [0.25, 0.3) is 0 Å². The van der Waals surface area contributed by atoms with Gasteiger partial charge < -0.3 is 15.3 Å². The van der Waals surface area contributed by atoms with E-state index in [-0.39, 0.29) is 5.91 Å². The molecule has 2 heterocycles. The molecule has 112 valence electrons. The van der Waals surface area contributed by atoms with Crippen LogP contribution in [0.4, 0.5) is 0 Å². The van der Waals surface area contributed by atoms with Crippen molar-refractivity contribution in [2.24, 2.45) is 0 Å². The summed E-state index contributed by atoms with van der Waals surface area (Å²) < 4.78 is 0. The van der Waals surface area contributed by atoms with E-state index in [1.165, 1.54) is 0 Å². The first-order valence-corrected chi connectivity index (χ1v) is 7.40. The van der Waals surface area contributed by atoms with Gasteiger partial charge in [-0.25, -0.2) is 4.79 Å². The molecule has 0 spiro atoms. The summed E-state index contributed by atoms with van der Waals surface area (Å²) in [6.07, 6.45) is 2.50. The highest BCUT2D eigenvalue weighted by Crippen LogP contribution is 2.27. The quantitative estimate of drug-likeness (QED) is 0.863. The number of carbonyl (C=O) groups is 2. The molecule has 21 heavy (non-hydrogen) atoms. The van der Waals surface area contributed by atoms with Gasteiger partial charge in [-0.05, 0) is 49.9 Å². The molecule has 0 radical (unpaired) electrons. The number of aromatic carboxylic acids is 1. The van der Waals surface area contributed by atoms with Crippen LogP contribution < -0.4 is 5.32 Å². The maximum Gasteiger partial charge on any atom is 0.335 e. The number of amides is 1. The molecule has 0 aromatic heterocycles. The predicted octanol–water partition coefficient (Wildman–Crippen LogP) is 1.41. The lowest BCUT2D eigenvalue weighted by Crippen LogP contribution is -2.53. The zero-order chi connectivity index (χ0) is 15.0. The van der Waals surface area contributed by atoms with Crippen LogP contribution in [0.15, 0.2) is 18.2 Å². The fourth-order valence-electron chi connectivity index (χ4n) is 3.41. The molecule has 0 bridgehead atoms. The highest BCUT2D eigenvalue weighted by atomic mass is 16.4. The minimum absolute atomic E-state index is 0.131. The molecule has 2 aliphatic heterocycles. The van der Waals surface area contributed by atoms with Crippen LogP contribution >= 0.6 is 0 Å². The summed E-state index contributed by atoms with van der Waals surface area (Å²) in [7, 11) is 0. The number of carbonyl (C=O) groups excluding carboxylic acids is 1. The molecule has 1 amide bonds. The molecule has 1 aromatic carbocycles. The minimum atomic E-state index is -0.893. The first-order valence-electron chi connectivity index (χ1n) is 7.40. The van der Waals surface area contributed by atoms with Gasteiger partial charge in [-0.2, -0.15) is 0 Å². The van der Waals surface area contributed by atoms with Crippen molar-refractivity contribution in [3.05, 3.63) is 34.9 Å². The highest BCUT2D eigenvalue weighted by Gasteiger charge is 2.39. The van der Waals surface area contributed by atoms with Crippen molar-refractivity contribution in [2.75, 3.05) is 13.1 Å². The Labute approximate surface area is 123 Å². The third-order valence-electron chi connectivity index (χ3n) is 4.62. The number of nitrogens with zero attached hydrogens (tertiary/aromatic N) is 1. The van der Waals surface area contributed by atoms with Crippen LogP contribution in [0.3, 0.4) is 0 Å². The molecule has 2 N–H and O–H groups in total. The molecule has 1 saturated heterocycles. The Kier molecular flexibility index (Phi) is 3.45. The standard InChI is InChI=1S/C16H20N2O3/c1-16(7-3-8-17-16)15(21)18-9-6-12-11(10-18)4-2-5-13(12)14(19)20/h2,4-5,17H,3,6-10H2,1H3,(H,19,20). The Morgan fingerprint density at radius 1 is 1.38 bits per heavy atom. The second kappa shape index (κ2) is 5.15. The van der Waals surface area contributed by atoms with E-state index in [9.17, 15) is 14.7 Å². The van der Waals surface area contributed by atoms with Gasteiger partial charge >= 0.3 is 5.97 Å². The number of hydrogen-bond acceptors (Lipinski definition) is 3. The van der Waals surface area contributed by atoms with Gasteiger partial charge in [0.05, 0.1) is 11.1 Å². The van der Waals surface area contributed by atoms with E-state index in [0.29, 0.717) is 25.1 Å². The number of hydrogen-bond donors (Lipinski definition) is 2. The zero-order valence-corrected chi connectivity index (χ0v) is 12.2. The van der Waals surface area contributed by atoms with Gasteiger partial charge in [-0.3, -0.25) is 4.79 Å². The number of benzene rings is 1. The van der Waals surface area contributed by atoms with Gasteiger partial charge in [0.25, 0.3) is 0 Å². The van der Waals surface area contributed by atoms with E-state index in [1.807, 2.05) is 17.9 Å². The summed E-state index contributed by atoms with van der Waals surface area (Å²) in [5.41, 5.74) is 1.74. The van der Waals surface area contributed by atoms with Crippen LogP contribution in [0.1, 0.15) is 41.3 Å². The Bertz CT molecular complexity index is 591. The molecular formula is C16H20N2O3. The average Bonchev–Trinajstić information content (AvgIpc) is 2.93. The smallest absolute Gasteiger partial charge is 0.335 e. The van der Waals surface area contributed by atoms with Crippen molar-refractivity contribution in [2.45, 2.75) is 38.3 Å². The molecule has 5 nitrogen and oxygen atoms in total. The lowest BCUT2D eigenvalue weighted by Gasteiger charge is -2.35. The van der Waals surface area contributed by atoms with Crippen molar-refractivity contribution < 1.29 is 14.7 Å². The second-order valence-electron chi connectivity index (χ2n) is 6.09. The molecule has 0 aliphatic carbocycles. The largest absolute Gasteiger partial charge is 0.478 e. The summed E-state index contributed by atoms with van der Waals surface area (Å²) in [6, 6.07) is 5.32. The van der Waals surface area contributed by atoms with Crippen LogP contribution in [-0.4, -0.2) is 40.5 Å². The third-order valence-corrected chi connectivity index (χ3v) is 4.62. The van der Waals surface area contributed by atoms with E-state index in [1.54, 1.807) is 12.1 Å². The summed E-state index contributed by atoms with van der Waals surface area (Å²) in [5.74, 6) is -0.762. The summed E-state index contributed by atoms with van der Waals surface area (Å²) >= 11 is 0. The summed E-state index contributed by atoms with van der Waals surface area (Å²) in [6.45, 7) is 3.95. The van der Waals surface area contributed by atoms with Gasteiger partial charge in [0, 0.05) is 13.1 Å². The maximum atomic E-state index is 12.7. The van der Waals surface area contributed by atoms with Gasteiger partial charge in [-0.1, -0.05) is 12.1 Å². The molecule has 2 aliphatic rings.